The van der Waals surface area contributed by atoms with Crippen LogP contribution in [0.25, 0.3) is 0 Å². The first kappa shape index (κ1) is 14.4. The van der Waals surface area contributed by atoms with Crippen molar-refractivity contribution < 1.29 is 4.74 Å². The Morgan fingerprint density at radius 1 is 1.39 bits per heavy atom. The molecule has 0 spiro atoms. The minimum Gasteiger partial charge on any atom is -0.494 e. The van der Waals surface area contributed by atoms with E-state index in [1.54, 1.807) is 6.21 Å². The molecule has 0 atom stereocenters. The second kappa shape index (κ2) is 8.47. The Bertz CT molecular complexity index is 390. The van der Waals surface area contributed by atoms with Gasteiger partial charge in [0.25, 0.3) is 0 Å². The Kier molecular flexibility index (Phi) is 6.79. The maximum Gasteiger partial charge on any atom is 0.184 e. The van der Waals surface area contributed by atoms with Gasteiger partial charge in [0.05, 0.1) is 12.8 Å². The summed E-state index contributed by atoms with van der Waals surface area (Å²) in [6.45, 7) is 2.94. The van der Waals surface area contributed by atoms with Gasteiger partial charge in [0.15, 0.2) is 5.11 Å². The number of hydrogen-bond acceptors (Lipinski definition) is 3. The van der Waals surface area contributed by atoms with Crippen molar-refractivity contribution in [3.05, 3.63) is 29.8 Å². The van der Waals surface area contributed by atoms with Gasteiger partial charge in [-0.2, -0.15) is 5.10 Å². The fourth-order valence-corrected chi connectivity index (χ4v) is 1.42. The molecule has 0 radical (unpaired) electrons. The zero-order chi connectivity index (χ0) is 13.2. The van der Waals surface area contributed by atoms with Crippen LogP contribution in [0.4, 0.5) is 0 Å². The number of rotatable bonds is 7. The number of ether oxygens (including phenoxy) is 1. The summed E-state index contributed by atoms with van der Waals surface area (Å²) in [7, 11) is 0. The fourth-order valence-electron chi connectivity index (χ4n) is 1.36. The first-order chi connectivity index (χ1) is 8.72. The summed E-state index contributed by atoms with van der Waals surface area (Å²) >= 11 is 4.63. The second-order valence-electron chi connectivity index (χ2n) is 3.86. The molecule has 0 heterocycles. The summed E-state index contributed by atoms with van der Waals surface area (Å²) in [4.78, 5) is 0. The average Bonchev–Trinajstić information content (AvgIpc) is 2.36. The van der Waals surface area contributed by atoms with E-state index in [0.717, 1.165) is 24.3 Å². The number of nitrogens with zero attached hydrogens (tertiary/aromatic N) is 1. The quantitative estimate of drug-likeness (QED) is 0.344. The third kappa shape index (κ3) is 6.20. The molecule has 3 N–H and O–H groups in total. The van der Waals surface area contributed by atoms with Gasteiger partial charge in [0.1, 0.15) is 5.75 Å². The van der Waals surface area contributed by atoms with Crippen molar-refractivity contribution in [1.29, 1.82) is 0 Å². The number of nitrogens with one attached hydrogen (secondary N) is 1. The molecule has 18 heavy (non-hydrogen) atoms. The highest BCUT2D eigenvalue weighted by atomic mass is 32.1. The van der Waals surface area contributed by atoms with Crippen LogP contribution < -0.4 is 15.9 Å². The Balaban J connectivity index is 2.37. The lowest BCUT2D eigenvalue weighted by molar-refractivity contribution is 0.306. The zero-order valence-corrected chi connectivity index (χ0v) is 11.4. The second-order valence-corrected chi connectivity index (χ2v) is 4.30. The summed E-state index contributed by atoms with van der Waals surface area (Å²) < 4.78 is 5.60. The largest absolute Gasteiger partial charge is 0.494 e. The summed E-state index contributed by atoms with van der Waals surface area (Å²) in [6.07, 6.45) is 5.15. The number of nitrogens with two attached hydrogens (primary N) is 1. The molecule has 0 saturated heterocycles. The molecule has 1 aromatic carbocycles. The van der Waals surface area contributed by atoms with Crippen molar-refractivity contribution in [3.63, 3.8) is 0 Å². The Labute approximate surface area is 113 Å². The topological polar surface area (TPSA) is 59.6 Å². The highest BCUT2D eigenvalue weighted by molar-refractivity contribution is 7.80. The van der Waals surface area contributed by atoms with Crippen LogP contribution in [0.5, 0.6) is 5.75 Å². The SMILES string of the molecule is CCCCCOc1ccc(C=NNC(N)=S)cc1. The van der Waals surface area contributed by atoms with Gasteiger partial charge < -0.3 is 10.5 Å². The number of thiocarbonyl (C=S) groups is 1. The maximum absolute atomic E-state index is 5.60. The van der Waals surface area contributed by atoms with Crippen LogP contribution in [0.2, 0.25) is 0 Å². The highest BCUT2D eigenvalue weighted by Crippen LogP contribution is 2.11. The summed E-state index contributed by atoms with van der Waals surface area (Å²) in [5.41, 5.74) is 8.71. The van der Waals surface area contributed by atoms with Gasteiger partial charge in [-0.25, -0.2) is 0 Å². The van der Waals surface area contributed by atoms with Crippen LogP contribution in [-0.2, 0) is 0 Å². The predicted octanol–water partition coefficient (Wildman–Crippen LogP) is 2.42. The van der Waals surface area contributed by atoms with Crippen LogP contribution in [0, 0.1) is 0 Å². The van der Waals surface area contributed by atoms with Crippen LogP contribution in [-0.4, -0.2) is 17.9 Å². The Morgan fingerprint density at radius 2 is 2.11 bits per heavy atom. The van der Waals surface area contributed by atoms with Crippen molar-refractivity contribution in [3.8, 4) is 5.75 Å². The van der Waals surface area contributed by atoms with Crippen molar-refractivity contribution in [2.45, 2.75) is 26.2 Å². The van der Waals surface area contributed by atoms with Crippen molar-refractivity contribution >= 4 is 23.5 Å². The van der Waals surface area contributed by atoms with E-state index in [4.69, 9.17) is 10.5 Å². The molecular formula is C13H19N3OS. The molecule has 0 aromatic heterocycles. The third-order valence-electron chi connectivity index (χ3n) is 2.29. The van der Waals surface area contributed by atoms with Crippen molar-refractivity contribution in [1.82, 2.24) is 5.43 Å². The van der Waals surface area contributed by atoms with E-state index < -0.39 is 0 Å². The van der Waals surface area contributed by atoms with E-state index in [-0.39, 0.29) is 5.11 Å². The third-order valence-corrected chi connectivity index (χ3v) is 2.38. The minimum atomic E-state index is 0.155. The van der Waals surface area contributed by atoms with Gasteiger partial charge in [0.2, 0.25) is 0 Å². The molecule has 0 aliphatic heterocycles. The molecular weight excluding hydrogens is 246 g/mol. The fraction of sp³-hybridized carbons (Fsp3) is 0.385. The molecule has 0 unspecified atom stereocenters. The van der Waals surface area contributed by atoms with Gasteiger partial charge >= 0.3 is 0 Å². The first-order valence-electron chi connectivity index (χ1n) is 6.03. The van der Waals surface area contributed by atoms with E-state index in [1.807, 2.05) is 24.3 Å². The van der Waals surface area contributed by atoms with Crippen molar-refractivity contribution in [2.75, 3.05) is 6.61 Å². The number of benzene rings is 1. The lowest BCUT2D eigenvalue weighted by Gasteiger charge is -2.05. The van der Waals surface area contributed by atoms with E-state index in [2.05, 4.69) is 29.7 Å². The minimum absolute atomic E-state index is 0.155. The predicted molar refractivity (Wildman–Crippen MR) is 79.0 cm³/mol. The van der Waals surface area contributed by atoms with Crippen molar-refractivity contribution in [2.24, 2.45) is 10.8 Å². The molecule has 0 amide bonds. The molecule has 1 aromatic rings. The average molecular weight is 265 g/mol. The summed E-state index contributed by atoms with van der Waals surface area (Å²) in [6, 6.07) is 7.71. The van der Waals surface area contributed by atoms with Gasteiger partial charge in [-0.05, 0) is 48.5 Å². The number of unbranched alkanes of at least 4 members (excludes halogenated alkanes) is 2. The molecule has 4 nitrogen and oxygen atoms in total. The number of hydrogen-bond donors (Lipinski definition) is 2. The highest BCUT2D eigenvalue weighted by Gasteiger charge is 1.94. The lowest BCUT2D eigenvalue weighted by atomic mass is 10.2. The number of hydrazone groups is 1. The zero-order valence-electron chi connectivity index (χ0n) is 10.6. The van der Waals surface area contributed by atoms with Crippen LogP contribution >= 0.6 is 12.2 Å². The smallest absolute Gasteiger partial charge is 0.184 e. The molecule has 0 fully saturated rings. The standard InChI is InChI=1S/C13H19N3OS/c1-2-3-4-9-17-12-7-5-11(6-8-12)10-15-16-13(14)18/h5-8,10H,2-4,9H2,1H3,(H3,14,16,18). The monoisotopic (exact) mass is 265 g/mol. The Morgan fingerprint density at radius 3 is 2.72 bits per heavy atom. The van der Waals surface area contributed by atoms with E-state index in [9.17, 15) is 0 Å². The summed E-state index contributed by atoms with van der Waals surface area (Å²) in [5, 5.41) is 4.03. The molecule has 98 valence electrons. The van der Waals surface area contributed by atoms with E-state index in [0.29, 0.717) is 0 Å². The van der Waals surface area contributed by atoms with Gasteiger partial charge in [-0.1, -0.05) is 19.8 Å². The van der Waals surface area contributed by atoms with E-state index >= 15 is 0 Å². The maximum atomic E-state index is 5.60. The first-order valence-corrected chi connectivity index (χ1v) is 6.44. The molecule has 0 aliphatic rings. The van der Waals surface area contributed by atoms with Gasteiger partial charge in [-0.15, -0.1) is 0 Å². The van der Waals surface area contributed by atoms with E-state index in [1.165, 1.54) is 12.8 Å². The molecule has 0 saturated carbocycles. The summed E-state index contributed by atoms with van der Waals surface area (Å²) in [5.74, 6) is 0.880. The van der Waals surface area contributed by atoms with Crippen LogP contribution in [0.15, 0.2) is 29.4 Å². The molecule has 5 heteroatoms. The van der Waals surface area contributed by atoms with Gasteiger partial charge in [0, 0.05) is 0 Å². The van der Waals surface area contributed by atoms with Gasteiger partial charge in [-0.3, -0.25) is 5.43 Å². The van der Waals surface area contributed by atoms with Crippen LogP contribution in [0.3, 0.4) is 0 Å². The van der Waals surface area contributed by atoms with Crippen LogP contribution in [0.1, 0.15) is 31.7 Å². The molecule has 1 rings (SSSR count). The normalized spacial score (nSPS) is 10.5. The lowest BCUT2D eigenvalue weighted by Crippen LogP contribution is -2.23. The molecule has 0 aliphatic carbocycles. The Hall–Kier alpha value is -1.62. The molecule has 0 bridgehead atoms.